The quantitative estimate of drug-likeness (QED) is 0.847. The molecule has 0 N–H and O–H groups in total. The average molecular weight is 275 g/mol. The first kappa shape index (κ1) is 14.4. The van der Waals surface area contributed by atoms with Gasteiger partial charge in [0.25, 0.3) is 0 Å². The minimum Gasteiger partial charge on any atom is -0.496 e. The van der Waals surface area contributed by atoms with Crippen molar-refractivity contribution in [2.24, 2.45) is 0 Å². The Bertz CT molecular complexity index is 508. The number of carbonyl (C=O) groups excluding carboxylic acids is 1. The molecule has 0 bridgehead atoms. The number of carbonyl (C=O) groups is 1. The van der Waals surface area contributed by atoms with Gasteiger partial charge in [0.15, 0.2) is 11.5 Å². The van der Waals surface area contributed by atoms with Crippen molar-refractivity contribution in [1.82, 2.24) is 4.90 Å². The first-order valence-corrected chi connectivity index (χ1v) is 6.78. The molecule has 2 rings (SSSR count). The molecule has 1 amide bonds. The fourth-order valence-corrected chi connectivity index (χ4v) is 2.36. The Hall–Kier alpha value is -1.97. The number of likely N-dealkylation sites (N-methyl/N-ethyl adjacent to an activating group) is 1. The summed E-state index contributed by atoms with van der Waals surface area (Å²) in [4.78, 5) is 14.2. The zero-order valence-corrected chi connectivity index (χ0v) is 12.4. The van der Waals surface area contributed by atoms with Gasteiger partial charge < -0.3 is 14.4 Å². The van der Waals surface area contributed by atoms with E-state index in [2.05, 4.69) is 0 Å². The molecule has 0 saturated carbocycles. The van der Waals surface area contributed by atoms with Crippen LogP contribution < -0.4 is 0 Å². The third-order valence-corrected chi connectivity index (χ3v) is 3.28. The van der Waals surface area contributed by atoms with Crippen molar-refractivity contribution in [3.05, 3.63) is 47.4 Å². The molecule has 108 valence electrons. The monoisotopic (exact) mass is 275 g/mol. The predicted molar refractivity (Wildman–Crippen MR) is 77.1 cm³/mol. The summed E-state index contributed by atoms with van der Waals surface area (Å²) in [6, 6.07) is 9.68. The van der Waals surface area contributed by atoms with Gasteiger partial charge in [-0.05, 0) is 19.4 Å². The summed E-state index contributed by atoms with van der Waals surface area (Å²) < 4.78 is 11.3. The molecule has 0 aliphatic carbocycles. The number of nitrogens with zero attached hydrogens (tertiary/aromatic N) is 1. The van der Waals surface area contributed by atoms with Crippen LogP contribution in [0.15, 0.2) is 41.9 Å². The summed E-state index contributed by atoms with van der Waals surface area (Å²) in [5.74, 6) is 0.964. The molecule has 20 heavy (non-hydrogen) atoms. The lowest BCUT2D eigenvalue weighted by atomic mass is 9.92. The highest BCUT2D eigenvalue weighted by molar-refractivity contribution is 5.88. The Balaban J connectivity index is 2.49. The van der Waals surface area contributed by atoms with Crippen molar-refractivity contribution in [1.29, 1.82) is 0 Å². The maximum Gasteiger partial charge on any atom is 0.238 e. The summed E-state index contributed by atoms with van der Waals surface area (Å²) in [6.45, 7) is 4.34. The molecule has 1 aromatic rings. The lowest BCUT2D eigenvalue weighted by molar-refractivity contribution is -0.133. The summed E-state index contributed by atoms with van der Waals surface area (Å²) in [5, 5.41) is 0. The first-order valence-electron chi connectivity index (χ1n) is 6.78. The number of benzene rings is 1. The van der Waals surface area contributed by atoms with E-state index in [1.165, 1.54) is 0 Å². The number of amides is 1. The van der Waals surface area contributed by atoms with E-state index in [0.29, 0.717) is 12.3 Å². The Labute approximate surface area is 120 Å². The van der Waals surface area contributed by atoms with Crippen molar-refractivity contribution in [2.75, 3.05) is 20.7 Å². The number of hydrogen-bond donors (Lipinski definition) is 0. The highest BCUT2D eigenvalue weighted by Gasteiger charge is 2.37. The Kier molecular flexibility index (Phi) is 4.32. The second-order valence-electron chi connectivity index (χ2n) is 5.20. The fraction of sp³-hybridized carbons (Fsp3) is 0.438. The smallest absolute Gasteiger partial charge is 0.238 e. The van der Waals surface area contributed by atoms with Crippen molar-refractivity contribution in [3.63, 3.8) is 0 Å². The van der Waals surface area contributed by atoms with Crippen LogP contribution in [0.1, 0.15) is 25.3 Å². The SMILES string of the molecule is COC1=C(OC(C)C)C(c2ccccc2)C(=O)N(C)C1. The second kappa shape index (κ2) is 5.99. The largest absolute Gasteiger partial charge is 0.496 e. The standard InChI is InChI=1S/C16H21NO3/c1-11(2)20-15-13(19-4)10-17(3)16(18)14(15)12-8-6-5-7-9-12/h5-9,11,14H,10H2,1-4H3. The highest BCUT2D eigenvalue weighted by Crippen LogP contribution is 2.34. The van der Waals surface area contributed by atoms with Crippen LogP contribution in [0, 0.1) is 0 Å². The normalized spacial score (nSPS) is 19.6. The van der Waals surface area contributed by atoms with E-state index < -0.39 is 5.92 Å². The zero-order chi connectivity index (χ0) is 14.7. The van der Waals surface area contributed by atoms with E-state index in [-0.39, 0.29) is 12.0 Å². The van der Waals surface area contributed by atoms with E-state index in [0.717, 1.165) is 11.3 Å². The molecule has 4 nitrogen and oxygen atoms in total. The summed E-state index contributed by atoms with van der Waals surface area (Å²) >= 11 is 0. The molecule has 0 aromatic heterocycles. The molecule has 0 radical (unpaired) electrons. The number of ether oxygens (including phenoxy) is 2. The number of methoxy groups -OCH3 is 1. The van der Waals surface area contributed by atoms with Crippen molar-refractivity contribution >= 4 is 5.91 Å². The van der Waals surface area contributed by atoms with Gasteiger partial charge in [0.05, 0.1) is 19.8 Å². The molecule has 0 saturated heterocycles. The second-order valence-corrected chi connectivity index (χ2v) is 5.20. The molecule has 1 atom stereocenters. The van der Waals surface area contributed by atoms with Crippen LogP contribution in [-0.2, 0) is 14.3 Å². The Morgan fingerprint density at radius 2 is 1.90 bits per heavy atom. The van der Waals surface area contributed by atoms with Crippen LogP contribution in [0.4, 0.5) is 0 Å². The van der Waals surface area contributed by atoms with Gasteiger partial charge in [-0.2, -0.15) is 0 Å². The predicted octanol–water partition coefficient (Wildman–Crippen LogP) is 2.53. The molecule has 0 spiro atoms. The molecule has 1 unspecified atom stereocenters. The molecule has 1 aromatic carbocycles. The van der Waals surface area contributed by atoms with Crippen molar-refractivity contribution < 1.29 is 14.3 Å². The summed E-state index contributed by atoms with van der Waals surface area (Å²) in [7, 11) is 3.40. The van der Waals surface area contributed by atoms with Gasteiger partial charge in [-0.15, -0.1) is 0 Å². The first-order chi connectivity index (χ1) is 9.54. The van der Waals surface area contributed by atoms with Crippen LogP contribution in [0.3, 0.4) is 0 Å². The van der Waals surface area contributed by atoms with Crippen molar-refractivity contribution in [2.45, 2.75) is 25.9 Å². The van der Waals surface area contributed by atoms with E-state index in [9.17, 15) is 4.79 Å². The van der Waals surface area contributed by atoms with Crippen LogP contribution in [0.5, 0.6) is 0 Å². The maximum atomic E-state index is 12.5. The lowest BCUT2D eigenvalue weighted by Gasteiger charge is -2.33. The number of rotatable bonds is 4. The average Bonchev–Trinajstić information content (AvgIpc) is 2.43. The maximum absolute atomic E-state index is 12.5. The topological polar surface area (TPSA) is 38.8 Å². The molecular formula is C16H21NO3. The minimum atomic E-state index is -0.424. The van der Waals surface area contributed by atoms with Gasteiger partial charge in [-0.25, -0.2) is 0 Å². The van der Waals surface area contributed by atoms with Gasteiger partial charge in [-0.3, -0.25) is 4.79 Å². The zero-order valence-electron chi connectivity index (χ0n) is 12.4. The lowest BCUT2D eigenvalue weighted by Crippen LogP contribution is -2.40. The van der Waals surface area contributed by atoms with E-state index >= 15 is 0 Å². The third kappa shape index (κ3) is 2.79. The van der Waals surface area contributed by atoms with Gasteiger partial charge >= 0.3 is 0 Å². The van der Waals surface area contributed by atoms with E-state index in [1.807, 2.05) is 44.2 Å². The minimum absolute atomic E-state index is 0.00225. The van der Waals surface area contributed by atoms with Crippen LogP contribution >= 0.6 is 0 Å². The summed E-state index contributed by atoms with van der Waals surface area (Å²) in [6.07, 6.45) is -0.00225. The highest BCUT2D eigenvalue weighted by atomic mass is 16.5. The molecule has 4 heteroatoms. The Morgan fingerprint density at radius 3 is 2.45 bits per heavy atom. The number of hydrogen-bond acceptors (Lipinski definition) is 3. The van der Waals surface area contributed by atoms with Crippen LogP contribution in [0.25, 0.3) is 0 Å². The molecule has 1 aliphatic rings. The van der Waals surface area contributed by atoms with Crippen LogP contribution in [0.2, 0.25) is 0 Å². The Morgan fingerprint density at radius 1 is 1.25 bits per heavy atom. The van der Waals surface area contributed by atoms with Gasteiger partial charge in [0, 0.05) is 7.05 Å². The summed E-state index contributed by atoms with van der Waals surface area (Å²) in [5.41, 5.74) is 0.925. The fourth-order valence-electron chi connectivity index (χ4n) is 2.36. The van der Waals surface area contributed by atoms with E-state index in [4.69, 9.17) is 9.47 Å². The molecule has 1 heterocycles. The molecule has 1 aliphatic heterocycles. The molecular weight excluding hydrogens is 254 g/mol. The van der Waals surface area contributed by atoms with Gasteiger partial charge in [0.1, 0.15) is 5.92 Å². The molecule has 0 fully saturated rings. The van der Waals surface area contributed by atoms with E-state index in [1.54, 1.807) is 19.1 Å². The van der Waals surface area contributed by atoms with Gasteiger partial charge in [-0.1, -0.05) is 30.3 Å². The third-order valence-electron chi connectivity index (χ3n) is 3.28. The van der Waals surface area contributed by atoms with Crippen molar-refractivity contribution in [3.8, 4) is 0 Å². The van der Waals surface area contributed by atoms with Crippen LogP contribution in [-0.4, -0.2) is 37.6 Å². The van der Waals surface area contributed by atoms with Gasteiger partial charge in [0.2, 0.25) is 5.91 Å².